The summed E-state index contributed by atoms with van der Waals surface area (Å²) < 4.78 is 0. The van der Waals surface area contributed by atoms with Gasteiger partial charge in [0.15, 0.2) is 0 Å². The molecule has 1 unspecified atom stereocenters. The number of rotatable bonds is 4. The summed E-state index contributed by atoms with van der Waals surface area (Å²) in [4.78, 5) is 22.3. The lowest BCUT2D eigenvalue weighted by atomic mass is 9.88. The van der Waals surface area contributed by atoms with Crippen molar-refractivity contribution in [2.75, 3.05) is 13.1 Å². The third-order valence-corrected chi connectivity index (χ3v) is 5.21. The Hall–Kier alpha value is -2.33. The number of H-pyrrole nitrogens is 1. The third kappa shape index (κ3) is 3.27. The van der Waals surface area contributed by atoms with E-state index in [1.54, 1.807) is 12.3 Å². The Bertz CT molecular complexity index is 881. The van der Waals surface area contributed by atoms with Crippen LogP contribution in [-0.4, -0.2) is 33.9 Å². The third-order valence-electron chi connectivity index (χ3n) is 4.99. The van der Waals surface area contributed by atoms with Gasteiger partial charge in [-0.25, -0.2) is 4.98 Å². The number of carbonyl (C=O) groups excluding carboxylic acids is 1. The Morgan fingerprint density at radius 3 is 2.76 bits per heavy atom. The predicted molar refractivity (Wildman–Crippen MR) is 99.8 cm³/mol. The molecule has 128 valence electrons. The van der Waals surface area contributed by atoms with Crippen molar-refractivity contribution in [3.8, 4) is 0 Å². The van der Waals surface area contributed by atoms with Gasteiger partial charge in [0.25, 0.3) is 0 Å². The monoisotopic (exact) mass is 353 g/mol. The minimum atomic E-state index is -0.0333. The van der Waals surface area contributed by atoms with Crippen molar-refractivity contribution in [3.05, 3.63) is 65.1 Å². The molecule has 3 aromatic rings. The molecule has 1 amide bonds. The summed E-state index contributed by atoms with van der Waals surface area (Å²) in [6.07, 6.45) is 6.45. The fourth-order valence-electron chi connectivity index (χ4n) is 3.65. The van der Waals surface area contributed by atoms with Crippen molar-refractivity contribution in [2.45, 2.75) is 25.2 Å². The number of hydrogen-bond acceptors (Lipinski definition) is 2. The normalized spacial score (nSPS) is 15.6. The first-order chi connectivity index (χ1) is 12.2. The van der Waals surface area contributed by atoms with Gasteiger partial charge >= 0.3 is 0 Å². The topological polar surface area (TPSA) is 49.0 Å². The van der Waals surface area contributed by atoms with Gasteiger partial charge in [0, 0.05) is 48.7 Å². The molecule has 1 fully saturated rings. The second kappa shape index (κ2) is 6.89. The number of nitrogens with zero attached hydrogens (tertiary/aromatic N) is 2. The summed E-state index contributed by atoms with van der Waals surface area (Å²) in [5.41, 5.74) is 3.23. The quantitative estimate of drug-likeness (QED) is 0.708. The summed E-state index contributed by atoms with van der Waals surface area (Å²) >= 11 is 5.95. The van der Waals surface area contributed by atoms with E-state index in [2.05, 4.69) is 22.1 Å². The van der Waals surface area contributed by atoms with Crippen molar-refractivity contribution in [1.82, 2.24) is 14.9 Å². The zero-order chi connectivity index (χ0) is 17.2. The number of pyridine rings is 1. The molecule has 1 N–H and O–H groups in total. The van der Waals surface area contributed by atoms with E-state index >= 15 is 0 Å². The van der Waals surface area contributed by atoms with Crippen LogP contribution in [-0.2, 0) is 4.79 Å². The van der Waals surface area contributed by atoms with E-state index in [-0.39, 0.29) is 11.8 Å². The van der Waals surface area contributed by atoms with Crippen molar-refractivity contribution in [2.24, 2.45) is 0 Å². The van der Waals surface area contributed by atoms with Crippen LogP contribution in [0.25, 0.3) is 10.9 Å². The lowest BCUT2D eigenvalue weighted by molar-refractivity contribution is -0.130. The first-order valence-corrected chi connectivity index (χ1v) is 9.05. The van der Waals surface area contributed by atoms with Crippen LogP contribution in [0.3, 0.4) is 0 Å². The number of carbonyl (C=O) groups is 1. The van der Waals surface area contributed by atoms with E-state index in [0.29, 0.717) is 11.6 Å². The molecular weight excluding hydrogens is 334 g/mol. The summed E-state index contributed by atoms with van der Waals surface area (Å²) in [6, 6.07) is 11.9. The van der Waals surface area contributed by atoms with Crippen LogP contribution < -0.4 is 0 Å². The van der Waals surface area contributed by atoms with E-state index in [0.717, 1.165) is 48.0 Å². The number of fused-ring (bicyclic) bond motifs is 1. The number of aromatic nitrogens is 2. The maximum absolute atomic E-state index is 12.8. The molecule has 2 aromatic heterocycles. The average Bonchev–Trinajstić information content (AvgIpc) is 3.30. The first kappa shape index (κ1) is 16.2. The maximum atomic E-state index is 12.8. The fourth-order valence-corrected chi connectivity index (χ4v) is 3.77. The standard InChI is InChI=1S/C20H20ClN3O/c21-19-8-7-14(12-23-19)16(11-20(25)24-9-3-4-10-24)17-13-22-18-6-2-1-5-15(17)18/h1-2,5-8,12-13,16,22H,3-4,9-11H2. The van der Waals surface area contributed by atoms with Gasteiger partial charge in [0.05, 0.1) is 0 Å². The number of halogens is 1. The fraction of sp³-hybridized carbons (Fsp3) is 0.300. The molecule has 1 aliphatic rings. The van der Waals surface area contributed by atoms with Crippen molar-refractivity contribution in [3.63, 3.8) is 0 Å². The van der Waals surface area contributed by atoms with Crippen LogP contribution in [0.1, 0.15) is 36.3 Å². The number of aromatic amines is 1. The molecule has 1 aliphatic heterocycles. The predicted octanol–water partition coefficient (Wildman–Crippen LogP) is 4.36. The molecule has 0 bridgehead atoms. The zero-order valence-corrected chi connectivity index (χ0v) is 14.7. The maximum Gasteiger partial charge on any atom is 0.223 e. The van der Waals surface area contributed by atoms with Crippen LogP contribution >= 0.6 is 11.6 Å². The highest BCUT2D eigenvalue weighted by atomic mass is 35.5. The van der Waals surface area contributed by atoms with Gasteiger partial charge in [0.2, 0.25) is 5.91 Å². The molecule has 1 atom stereocenters. The number of para-hydroxylation sites is 1. The minimum absolute atomic E-state index is 0.0333. The van der Waals surface area contributed by atoms with Crippen LogP contribution in [0.5, 0.6) is 0 Å². The van der Waals surface area contributed by atoms with Crippen LogP contribution in [0.15, 0.2) is 48.8 Å². The molecule has 5 heteroatoms. The molecule has 1 aromatic carbocycles. The second-order valence-electron chi connectivity index (χ2n) is 6.55. The molecule has 4 nitrogen and oxygen atoms in total. The highest BCUT2D eigenvalue weighted by molar-refractivity contribution is 6.29. The Morgan fingerprint density at radius 2 is 2.00 bits per heavy atom. The number of amides is 1. The number of benzene rings is 1. The molecule has 0 spiro atoms. The van der Waals surface area contributed by atoms with Gasteiger partial charge in [-0.1, -0.05) is 35.9 Å². The van der Waals surface area contributed by atoms with Gasteiger partial charge in [-0.05, 0) is 36.1 Å². The summed E-state index contributed by atoms with van der Waals surface area (Å²) in [7, 11) is 0. The number of nitrogens with one attached hydrogen (secondary N) is 1. The van der Waals surface area contributed by atoms with Crippen LogP contribution in [0, 0.1) is 0 Å². The Balaban J connectivity index is 1.72. The lowest BCUT2D eigenvalue weighted by Gasteiger charge is -2.21. The summed E-state index contributed by atoms with van der Waals surface area (Å²) in [5.74, 6) is 0.178. The van der Waals surface area contributed by atoms with Gasteiger partial charge in [0.1, 0.15) is 5.15 Å². The molecule has 4 rings (SSSR count). The highest BCUT2D eigenvalue weighted by Gasteiger charge is 2.25. The van der Waals surface area contributed by atoms with E-state index < -0.39 is 0 Å². The van der Waals surface area contributed by atoms with E-state index in [9.17, 15) is 4.79 Å². The molecule has 1 saturated heterocycles. The molecule has 25 heavy (non-hydrogen) atoms. The minimum Gasteiger partial charge on any atom is -0.361 e. The van der Waals surface area contributed by atoms with E-state index in [1.807, 2.05) is 29.3 Å². The first-order valence-electron chi connectivity index (χ1n) is 8.67. The van der Waals surface area contributed by atoms with Gasteiger partial charge in [-0.15, -0.1) is 0 Å². The average molecular weight is 354 g/mol. The molecule has 0 radical (unpaired) electrons. The Labute approximate surface area is 151 Å². The molecular formula is C20H20ClN3O. The van der Waals surface area contributed by atoms with Crippen molar-refractivity contribution >= 4 is 28.4 Å². The van der Waals surface area contributed by atoms with E-state index in [4.69, 9.17) is 11.6 Å². The lowest BCUT2D eigenvalue weighted by Crippen LogP contribution is -2.29. The number of likely N-dealkylation sites (tertiary alicyclic amines) is 1. The molecule has 0 aliphatic carbocycles. The smallest absolute Gasteiger partial charge is 0.223 e. The molecule has 3 heterocycles. The zero-order valence-electron chi connectivity index (χ0n) is 13.9. The summed E-state index contributed by atoms with van der Waals surface area (Å²) in [5, 5.41) is 1.61. The van der Waals surface area contributed by atoms with Gasteiger partial charge < -0.3 is 9.88 Å². The summed E-state index contributed by atoms with van der Waals surface area (Å²) in [6.45, 7) is 1.75. The van der Waals surface area contributed by atoms with Crippen LogP contribution in [0.4, 0.5) is 0 Å². The van der Waals surface area contributed by atoms with Crippen molar-refractivity contribution < 1.29 is 4.79 Å². The molecule has 0 saturated carbocycles. The highest BCUT2D eigenvalue weighted by Crippen LogP contribution is 2.34. The number of hydrogen-bond donors (Lipinski definition) is 1. The van der Waals surface area contributed by atoms with E-state index in [1.165, 1.54) is 0 Å². The van der Waals surface area contributed by atoms with Gasteiger partial charge in [-0.2, -0.15) is 0 Å². The van der Waals surface area contributed by atoms with Crippen molar-refractivity contribution in [1.29, 1.82) is 0 Å². The van der Waals surface area contributed by atoms with Gasteiger partial charge in [-0.3, -0.25) is 4.79 Å². The second-order valence-corrected chi connectivity index (χ2v) is 6.94. The Morgan fingerprint density at radius 1 is 1.20 bits per heavy atom. The van der Waals surface area contributed by atoms with Crippen LogP contribution in [0.2, 0.25) is 5.15 Å². The largest absolute Gasteiger partial charge is 0.361 e. The SMILES string of the molecule is O=C(CC(c1ccc(Cl)nc1)c1c[nH]c2ccccc12)N1CCCC1. The Kier molecular flexibility index (Phi) is 4.45.